The second kappa shape index (κ2) is 7.66. The van der Waals surface area contributed by atoms with Crippen molar-refractivity contribution in [2.45, 2.75) is 43.6 Å². The van der Waals surface area contributed by atoms with Gasteiger partial charge in [-0.2, -0.15) is 0 Å². The Balaban J connectivity index is 2.05. The largest absolute Gasteiger partial charge is 0.411 e. The van der Waals surface area contributed by atoms with Gasteiger partial charge >= 0.3 is 0 Å². The summed E-state index contributed by atoms with van der Waals surface area (Å²) in [7, 11) is 0. The van der Waals surface area contributed by atoms with Crippen LogP contribution < -0.4 is 5.32 Å². The summed E-state index contributed by atoms with van der Waals surface area (Å²) in [5.74, 6) is 0.367. The predicted molar refractivity (Wildman–Crippen MR) is 97.0 cm³/mol. The van der Waals surface area contributed by atoms with E-state index in [1.807, 2.05) is 12.1 Å². The van der Waals surface area contributed by atoms with Gasteiger partial charge < -0.3 is 9.73 Å². The predicted octanol–water partition coefficient (Wildman–Crippen LogP) is 3.82. The van der Waals surface area contributed by atoms with Gasteiger partial charge in [0.15, 0.2) is 0 Å². The van der Waals surface area contributed by atoms with E-state index >= 15 is 0 Å². The molecule has 1 aromatic heterocycles. The van der Waals surface area contributed by atoms with Crippen LogP contribution >= 0.6 is 11.8 Å². The zero-order valence-corrected chi connectivity index (χ0v) is 15.3. The molecule has 5 nitrogen and oxygen atoms in total. The van der Waals surface area contributed by atoms with Crippen molar-refractivity contribution >= 4 is 17.7 Å². The highest BCUT2D eigenvalue weighted by molar-refractivity contribution is 8.00. The maximum absolute atomic E-state index is 11.8. The average Bonchev–Trinajstić information content (AvgIpc) is 3.00. The van der Waals surface area contributed by atoms with Gasteiger partial charge in [0.1, 0.15) is 0 Å². The van der Waals surface area contributed by atoms with E-state index in [9.17, 15) is 4.79 Å². The molecular formula is C18H23N3O2S. The highest BCUT2D eigenvalue weighted by Gasteiger charge is 2.19. The second-order valence-corrected chi connectivity index (χ2v) is 7.79. The van der Waals surface area contributed by atoms with Gasteiger partial charge in [-0.25, -0.2) is 0 Å². The molecule has 0 spiro atoms. The molecule has 1 aromatic carbocycles. The third-order valence-electron chi connectivity index (χ3n) is 3.47. The molecule has 128 valence electrons. The molecule has 0 aliphatic heterocycles. The Bertz CT molecular complexity index is 702. The zero-order chi connectivity index (χ0) is 17.7. The van der Waals surface area contributed by atoms with Crippen LogP contribution in [0.25, 0.3) is 11.5 Å². The summed E-state index contributed by atoms with van der Waals surface area (Å²) in [6.07, 6.45) is 1.64. The Morgan fingerprint density at radius 2 is 2.00 bits per heavy atom. The van der Waals surface area contributed by atoms with Crippen LogP contribution in [0.15, 0.2) is 46.6 Å². The monoisotopic (exact) mass is 345 g/mol. The maximum atomic E-state index is 11.8. The number of rotatable bonds is 6. The Hall–Kier alpha value is -2.08. The van der Waals surface area contributed by atoms with Gasteiger partial charge in [0.05, 0.1) is 5.25 Å². The van der Waals surface area contributed by atoms with Gasteiger partial charge in [0, 0.05) is 12.1 Å². The third kappa shape index (κ3) is 4.71. The summed E-state index contributed by atoms with van der Waals surface area (Å²) < 4.78 is 5.66. The molecule has 2 aromatic rings. The summed E-state index contributed by atoms with van der Waals surface area (Å²) in [6.45, 7) is 12.3. The van der Waals surface area contributed by atoms with Gasteiger partial charge in [0.2, 0.25) is 11.8 Å². The molecule has 1 amide bonds. The Kier molecular flexibility index (Phi) is 5.83. The molecule has 0 fully saturated rings. The fourth-order valence-corrected chi connectivity index (χ4v) is 2.72. The quantitative estimate of drug-likeness (QED) is 0.637. The lowest BCUT2D eigenvalue weighted by Crippen LogP contribution is -2.30. The molecular weight excluding hydrogens is 322 g/mol. The minimum absolute atomic E-state index is 0.0887. The Labute approximate surface area is 146 Å². The van der Waals surface area contributed by atoms with Crippen LogP contribution in [-0.2, 0) is 10.2 Å². The van der Waals surface area contributed by atoms with Crippen molar-refractivity contribution in [3.8, 4) is 11.5 Å². The molecule has 0 radical (unpaired) electrons. The van der Waals surface area contributed by atoms with E-state index in [2.05, 4.69) is 55.0 Å². The van der Waals surface area contributed by atoms with Crippen molar-refractivity contribution in [2.24, 2.45) is 0 Å². The summed E-state index contributed by atoms with van der Waals surface area (Å²) >= 11 is 1.24. The molecule has 0 aliphatic rings. The molecule has 0 saturated heterocycles. The Morgan fingerprint density at radius 1 is 1.33 bits per heavy atom. The molecule has 0 saturated carbocycles. The molecule has 1 N–H and O–H groups in total. The SMILES string of the molecule is C=CCNC(=O)C(C)Sc1nnc(-c2ccc(C(C)(C)C)cc2)o1. The van der Waals surface area contributed by atoms with E-state index in [0.717, 1.165) is 5.56 Å². The first-order valence-electron chi connectivity index (χ1n) is 7.81. The third-order valence-corrected chi connectivity index (χ3v) is 4.41. The highest BCUT2D eigenvalue weighted by Crippen LogP contribution is 2.28. The fourth-order valence-electron chi connectivity index (χ4n) is 2.01. The molecule has 2 rings (SSSR count). The number of amides is 1. The first kappa shape index (κ1) is 18.3. The number of hydrogen-bond acceptors (Lipinski definition) is 5. The zero-order valence-electron chi connectivity index (χ0n) is 14.5. The van der Waals surface area contributed by atoms with Crippen molar-refractivity contribution in [3.05, 3.63) is 42.5 Å². The minimum atomic E-state index is -0.318. The van der Waals surface area contributed by atoms with Crippen LogP contribution in [0.4, 0.5) is 0 Å². The van der Waals surface area contributed by atoms with Crippen molar-refractivity contribution < 1.29 is 9.21 Å². The summed E-state index contributed by atoms with van der Waals surface area (Å²) in [4.78, 5) is 11.8. The minimum Gasteiger partial charge on any atom is -0.411 e. The van der Waals surface area contributed by atoms with E-state index in [-0.39, 0.29) is 16.6 Å². The normalized spacial score (nSPS) is 12.7. The highest BCUT2D eigenvalue weighted by atomic mass is 32.2. The molecule has 1 heterocycles. The van der Waals surface area contributed by atoms with E-state index in [4.69, 9.17) is 4.42 Å². The van der Waals surface area contributed by atoms with Gasteiger partial charge in [-0.3, -0.25) is 4.79 Å². The molecule has 1 unspecified atom stereocenters. The first-order valence-corrected chi connectivity index (χ1v) is 8.69. The number of nitrogens with one attached hydrogen (secondary N) is 1. The van der Waals surface area contributed by atoms with Crippen LogP contribution in [0.5, 0.6) is 0 Å². The number of aromatic nitrogens is 2. The second-order valence-electron chi connectivity index (χ2n) is 6.49. The topological polar surface area (TPSA) is 68.0 Å². The lowest BCUT2D eigenvalue weighted by Gasteiger charge is -2.18. The van der Waals surface area contributed by atoms with Gasteiger partial charge in [-0.05, 0) is 30.0 Å². The molecule has 6 heteroatoms. The number of carbonyl (C=O) groups is 1. The molecule has 0 bridgehead atoms. The van der Waals surface area contributed by atoms with Crippen molar-refractivity contribution in [1.29, 1.82) is 0 Å². The number of nitrogens with zero attached hydrogens (tertiary/aromatic N) is 2. The van der Waals surface area contributed by atoms with Crippen LogP contribution in [-0.4, -0.2) is 27.9 Å². The summed E-state index contributed by atoms with van der Waals surface area (Å²) in [5, 5.41) is 10.9. The van der Waals surface area contributed by atoms with E-state index < -0.39 is 0 Å². The number of carbonyl (C=O) groups excluding carboxylic acids is 1. The maximum Gasteiger partial charge on any atom is 0.277 e. The van der Waals surface area contributed by atoms with E-state index in [1.54, 1.807) is 13.0 Å². The standard InChI is InChI=1S/C18H23N3O2S/c1-6-11-19-15(22)12(2)24-17-21-20-16(23-17)13-7-9-14(10-8-13)18(3,4)5/h6-10,12H,1,11H2,2-5H3,(H,19,22). The summed E-state index contributed by atoms with van der Waals surface area (Å²) in [5.41, 5.74) is 2.21. The lowest BCUT2D eigenvalue weighted by atomic mass is 9.87. The number of thioether (sulfide) groups is 1. The number of hydrogen-bond donors (Lipinski definition) is 1. The average molecular weight is 345 g/mol. The molecule has 24 heavy (non-hydrogen) atoms. The van der Waals surface area contributed by atoms with Crippen molar-refractivity contribution in [1.82, 2.24) is 15.5 Å². The summed E-state index contributed by atoms with van der Waals surface area (Å²) in [6, 6.07) is 8.08. The van der Waals surface area contributed by atoms with Gasteiger partial charge in [-0.15, -0.1) is 16.8 Å². The lowest BCUT2D eigenvalue weighted by molar-refractivity contribution is -0.120. The van der Waals surface area contributed by atoms with Crippen molar-refractivity contribution in [3.63, 3.8) is 0 Å². The van der Waals surface area contributed by atoms with Crippen LogP contribution in [0.2, 0.25) is 0 Å². The first-order chi connectivity index (χ1) is 11.3. The number of benzene rings is 1. The van der Waals surface area contributed by atoms with Crippen molar-refractivity contribution in [2.75, 3.05) is 6.54 Å². The van der Waals surface area contributed by atoms with Gasteiger partial charge in [-0.1, -0.05) is 50.7 Å². The van der Waals surface area contributed by atoms with Crippen LogP contribution in [0.1, 0.15) is 33.3 Å². The Morgan fingerprint density at radius 3 is 2.58 bits per heavy atom. The van der Waals surface area contributed by atoms with E-state index in [1.165, 1.54) is 17.3 Å². The fraction of sp³-hybridized carbons (Fsp3) is 0.389. The van der Waals surface area contributed by atoms with Gasteiger partial charge in [0.25, 0.3) is 5.22 Å². The smallest absolute Gasteiger partial charge is 0.277 e. The van der Waals surface area contributed by atoms with E-state index in [0.29, 0.717) is 17.7 Å². The van der Waals surface area contributed by atoms with Crippen LogP contribution in [0, 0.1) is 0 Å². The molecule has 0 aliphatic carbocycles. The molecule has 1 atom stereocenters. The van der Waals surface area contributed by atoms with Crippen LogP contribution in [0.3, 0.4) is 0 Å².